The number of nitrogens with zero attached hydrogens (tertiary/aromatic N) is 2. The van der Waals surface area contributed by atoms with Crippen LogP contribution < -0.4 is 0 Å². The van der Waals surface area contributed by atoms with Crippen molar-refractivity contribution in [3.63, 3.8) is 0 Å². The molecule has 1 aromatic rings. The minimum absolute atomic E-state index is 0.0422. The number of likely N-dealkylation sites (N-methyl/N-ethyl adjacent to an activating group) is 2. The summed E-state index contributed by atoms with van der Waals surface area (Å²) in [4.78, 5) is 36.5. The maximum absolute atomic E-state index is 11.7. The van der Waals surface area contributed by atoms with E-state index in [9.17, 15) is 14.4 Å². The summed E-state index contributed by atoms with van der Waals surface area (Å²) in [5.74, 6) is -1.90. The first kappa shape index (κ1) is 17.6. The lowest BCUT2D eigenvalue weighted by Crippen LogP contribution is -2.40. The molecule has 7 heteroatoms. The molecule has 0 saturated carbocycles. The molecule has 120 valence electrons. The molecule has 0 aliphatic carbocycles. The number of ether oxygens (including phenoxy) is 1. The van der Waals surface area contributed by atoms with Crippen LogP contribution >= 0.6 is 0 Å². The fraction of sp³-hybridized carbons (Fsp3) is 0.400. The van der Waals surface area contributed by atoms with Crippen molar-refractivity contribution in [2.75, 3.05) is 33.7 Å². The summed E-state index contributed by atoms with van der Waals surface area (Å²) >= 11 is 0. The molecule has 0 unspecified atom stereocenters. The third-order valence-corrected chi connectivity index (χ3v) is 2.85. The van der Waals surface area contributed by atoms with Crippen molar-refractivity contribution in [3.8, 4) is 0 Å². The van der Waals surface area contributed by atoms with Gasteiger partial charge in [-0.3, -0.25) is 19.3 Å². The van der Waals surface area contributed by atoms with Crippen LogP contribution in [0.25, 0.3) is 0 Å². The van der Waals surface area contributed by atoms with E-state index in [1.54, 1.807) is 7.05 Å². The first-order valence-electron chi connectivity index (χ1n) is 6.72. The fourth-order valence-electron chi connectivity index (χ4n) is 1.70. The average molecular weight is 308 g/mol. The summed E-state index contributed by atoms with van der Waals surface area (Å²) in [7, 11) is 2.99. The molecule has 0 aliphatic heterocycles. The molecule has 0 saturated heterocycles. The number of hydrogen-bond donors (Lipinski definition) is 1. The minimum Gasteiger partial charge on any atom is -0.480 e. The third kappa shape index (κ3) is 6.85. The molecule has 1 amide bonds. The molecule has 1 aromatic carbocycles. The molecular formula is C15H20N2O5. The van der Waals surface area contributed by atoms with Crippen molar-refractivity contribution in [2.45, 2.75) is 6.61 Å². The topological polar surface area (TPSA) is 87.2 Å². The highest BCUT2D eigenvalue weighted by atomic mass is 16.5. The maximum Gasteiger partial charge on any atom is 0.323 e. The SMILES string of the molecule is CN(CC(=O)OCc1ccccc1)CC(=O)N(C)CC(=O)O. The van der Waals surface area contributed by atoms with Gasteiger partial charge < -0.3 is 14.7 Å². The highest BCUT2D eigenvalue weighted by Gasteiger charge is 2.16. The monoisotopic (exact) mass is 308 g/mol. The number of rotatable bonds is 8. The van der Waals surface area contributed by atoms with Crippen molar-refractivity contribution in [1.29, 1.82) is 0 Å². The standard InChI is InChI=1S/C15H20N2O5/c1-16(8-13(18)17(2)9-14(19)20)10-15(21)22-11-12-6-4-3-5-7-12/h3-7H,8-11H2,1-2H3,(H,19,20). The van der Waals surface area contributed by atoms with Crippen LogP contribution in [0.4, 0.5) is 0 Å². The summed E-state index contributed by atoms with van der Waals surface area (Å²) in [6, 6.07) is 9.28. The van der Waals surface area contributed by atoms with E-state index < -0.39 is 11.9 Å². The van der Waals surface area contributed by atoms with Gasteiger partial charge in [0.1, 0.15) is 13.2 Å². The normalized spacial score (nSPS) is 10.3. The predicted molar refractivity (Wildman–Crippen MR) is 79.0 cm³/mol. The van der Waals surface area contributed by atoms with Crippen LogP contribution in [0.15, 0.2) is 30.3 Å². The Balaban J connectivity index is 2.31. The molecule has 0 radical (unpaired) electrons. The second-order valence-corrected chi connectivity index (χ2v) is 4.96. The zero-order chi connectivity index (χ0) is 16.5. The molecule has 0 aliphatic rings. The highest BCUT2D eigenvalue weighted by Crippen LogP contribution is 2.01. The van der Waals surface area contributed by atoms with E-state index in [1.165, 1.54) is 11.9 Å². The van der Waals surface area contributed by atoms with E-state index in [4.69, 9.17) is 9.84 Å². The van der Waals surface area contributed by atoms with Crippen LogP contribution in [-0.4, -0.2) is 66.5 Å². The molecular weight excluding hydrogens is 288 g/mol. The van der Waals surface area contributed by atoms with Gasteiger partial charge in [0.15, 0.2) is 0 Å². The van der Waals surface area contributed by atoms with Crippen molar-refractivity contribution in [1.82, 2.24) is 9.80 Å². The zero-order valence-electron chi connectivity index (χ0n) is 12.7. The summed E-state index contributed by atoms with van der Waals surface area (Å²) in [6.07, 6.45) is 0. The number of hydrogen-bond acceptors (Lipinski definition) is 5. The van der Waals surface area contributed by atoms with Gasteiger partial charge in [-0.05, 0) is 12.6 Å². The minimum atomic E-state index is -1.08. The van der Waals surface area contributed by atoms with Crippen molar-refractivity contribution >= 4 is 17.8 Å². The Morgan fingerprint density at radius 1 is 1.05 bits per heavy atom. The van der Waals surface area contributed by atoms with Crippen molar-refractivity contribution in [2.24, 2.45) is 0 Å². The number of aliphatic carboxylic acids is 1. The molecule has 0 aromatic heterocycles. The molecule has 1 N–H and O–H groups in total. The lowest BCUT2D eigenvalue weighted by atomic mass is 10.2. The van der Waals surface area contributed by atoms with Gasteiger partial charge in [0.05, 0.1) is 13.1 Å². The number of benzene rings is 1. The van der Waals surface area contributed by atoms with Crippen LogP contribution in [0.5, 0.6) is 0 Å². The highest BCUT2D eigenvalue weighted by molar-refractivity contribution is 5.83. The van der Waals surface area contributed by atoms with Crippen LogP contribution in [0.2, 0.25) is 0 Å². The molecule has 0 fully saturated rings. The number of carboxylic acid groups (broad SMARTS) is 1. The lowest BCUT2D eigenvalue weighted by molar-refractivity contribution is -0.147. The molecule has 0 heterocycles. The van der Waals surface area contributed by atoms with E-state index in [-0.39, 0.29) is 32.1 Å². The van der Waals surface area contributed by atoms with Gasteiger partial charge in [0.2, 0.25) is 5.91 Å². The number of carbonyl (C=O) groups is 3. The second kappa shape index (κ2) is 8.78. The average Bonchev–Trinajstić information content (AvgIpc) is 2.45. The summed E-state index contributed by atoms with van der Waals surface area (Å²) in [6.45, 7) is -0.283. The van der Waals surface area contributed by atoms with Gasteiger partial charge in [-0.25, -0.2) is 0 Å². The van der Waals surface area contributed by atoms with Gasteiger partial charge in [-0.15, -0.1) is 0 Å². The smallest absolute Gasteiger partial charge is 0.323 e. The molecule has 0 bridgehead atoms. The molecule has 0 spiro atoms. The number of amides is 1. The number of carboxylic acids is 1. The van der Waals surface area contributed by atoms with E-state index >= 15 is 0 Å². The summed E-state index contributed by atoms with van der Waals surface area (Å²) in [5.41, 5.74) is 0.885. The lowest BCUT2D eigenvalue weighted by Gasteiger charge is -2.19. The van der Waals surface area contributed by atoms with Crippen LogP contribution in [0.1, 0.15) is 5.56 Å². The Labute approximate surface area is 129 Å². The number of carbonyl (C=O) groups excluding carboxylic acids is 2. The first-order valence-corrected chi connectivity index (χ1v) is 6.72. The van der Waals surface area contributed by atoms with Crippen LogP contribution in [0, 0.1) is 0 Å². The third-order valence-electron chi connectivity index (χ3n) is 2.85. The van der Waals surface area contributed by atoms with E-state index in [1.807, 2.05) is 30.3 Å². The Morgan fingerprint density at radius 2 is 1.68 bits per heavy atom. The molecule has 7 nitrogen and oxygen atoms in total. The van der Waals surface area contributed by atoms with Gasteiger partial charge in [0.25, 0.3) is 0 Å². The van der Waals surface area contributed by atoms with Gasteiger partial charge in [-0.1, -0.05) is 30.3 Å². The Bertz CT molecular complexity index is 518. The predicted octanol–water partition coefficient (Wildman–Crippen LogP) is 0.205. The van der Waals surface area contributed by atoms with Gasteiger partial charge in [-0.2, -0.15) is 0 Å². The zero-order valence-corrected chi connectivity index (χ0v) is 12.7. The fourth-order valence-corrected chi connectivity index (χ4v) is 1.70. The first-order chi connectivity index (χ1) is 10.4. The summed E-state index contributed by atoms with van der Waals surface area (Å²) in [5, 5.41) is 8.61. The van der Waals surface area contributed by atoms with Crippen LogP contribution in [-0.2, 0) is 25.7 Å². The van der Waals surface area contributed by atoms with E-state index in [0.717, 1.165) is 10.5 Å². The Hall–Kier alpha value is -2.41. The summed E-state index contributed by atoms with van der Waals surface area (Å²) < 4.78 is 5.11. The largest absolute Gasteiger partial charge is 0.480 e. The second-order valence-electron chi connectivity index (χ2n) is 4.96. The van der Waals surface area contributed by atoms with Crippen molar-refractivity contribution in [3.05, 3.63) is 35.9 Å². The van der Waals surface area contributed by atoms with Gasteiger partial charge in [0, 0.05) is 7.05 Å². The van der Waals surface area contributed by atoms with E-state index in [2.05, 4.69) is 0 Å². The van der Waals surface area contributed by atoms with Gasteiger partial charge >= 0.3 is 11.9 Å². The Morgan fingerprint density at radius 3 is 2.27 bits per heavy atom. The van der Waals surface area contributed by atoms with E-state index in [0.29, 0.717) is 0 Å². The number of esters is 1. The molecule has 1 rings (SSSR count). The molecule has 0 atom stereocenters. The molecule has 22 heavy (non-hydrogen) atoms. The maximum atomic E-state index is 11.7. The Kier molecular flexibility index (Phi) is 7.04. The quantitative estimate of drug-likeness (QED) is 0.691. The van der Waals surface area contributed by atoms with Crippen molar-refractivity contribution < 1.29 is 24.2 Å². The van der Waals surface area contributed by atoms with Crippen LogP contribution in [0.3, 0.4) is 0 Å².